The Balaban J connectivity index is 1.06. The summed E-state index contributed by atoms with van der Waals surface area (Å²) in [6.45, 7) is 0. The van der Waals surface area contributed by atoms with Crippen molar-refractivity contribution in [3.8, 4) is 79.2 Å². The van der Waals surface area contributed by atoms with E-state index in [2.05, 4.69) is 127 Å². The van der Waals surface area contributed by atoms with Crippen LogP contribution in [0, 0.1) is 0 Å². The third-order valence-electron chi connectivity index (χ3n) is 11.2. The molecule has 10 rings (SSSR count). The topological polar surface area (TPSA) is 64.5 Å². The van der Waals surface area contributed by atoms with Gasteiger partial charge in [-0.05, 0) is 65.3 Å². The minimum atomic E-state index is 0.248. The molecule has 1 atom stereocenters. The first-order chi connectivity index (χ1) is 29.7. The Morgan fingerprint density at radius 3 is 1.42 bits per heavy atom. The van der Waals surface area contributed by atoms with Gasteiger partial charge in [0.2, 0.25) is 0 Å². The molecule has 6 aromatic carbocycles. The van der Waals surface area contributed by atoms with Crippen LogP contribution in [0.15, 0.2) is 206 Å². The molecule has 0 saturated heterocycles. The van der Waals surface area contributed by atoms with E-state index < -0.39 is 0 Å². The molecule has 0 amide bonds. The second-order valence-corrected chi connectivity index (χ2v) is 15.2. The fraction of sp³-hybridized carbons (Fsp3) is 0.0727. The van der Waals surface area contributed by atoms with E-state index >= 15 is 0 Å². The van der Waals surface area contributed by atoms with Crippen molar-refractivity contribution >= 4 is 5.57 Å². The van der Waals surface area contributed by atoms with Crippen molar-refractivity contribution in [2.45, 2.75) is 25.2 Å². The summed E-state index contributed by atoms with van der Waals surface area (Å²) in [7, 11) is 0. The Morgan fingerprint density at radius 2 is 0.867 bits per heavy atom. The minimum absolute atomic E-state index is 0.248. The van der Waals surface area contributed by atoms with E-state index in [4.69, 9.17) is 24.9 Å². The highest BCUT2D eigenvalue weighted by molar-refractivity contribution is 5.79. The highest BCUT2D eigenvalue weighted by Crippen LogP contribution is 2.37. The van der Waals surface area contributed by atoms with E-state index in [-0.39, 0.29) is 5.92 Å². The minimum Gasteiger partial charge on any atom is -0.228 e. The number of aromatic nitrogens is 5. The van der Waals surface area contributed by atoms with Crippen molar-refractivity contribution < 1.29 is 0 Å². The first kappa shape index (κ1) is 36.7. The number of benzene rings is 6. The Bertz CT molecular complexity index is 2850. The summed E-state index contributed by atoms with van der Waals surface area (Å²) in [6.07, 6.45) is 18.5. The lowest BCUT2D eigenvalue weighted by atomic mass is 9.88. The van der Waals surface area contributed by atoms with E-state index in [1.807, 2.05) is 78.9 Å². The molecule has 2 aliphatic carbocycles. The molecule has 0 saturated carbocycles. The van der Waals surface area contributed by atoms with Crippen molar-refractivity contribution in [3.63, 3.8) is 0 Å². The van der Waals surface area contributed by atoms with Gasteiger partial charge in [-0.1, -0.05) is 188 Å². The van der Waals surface area contributed by atoms with E-state index in [0.29, 0.717) is 23.3 Å². The van der Waals surface area contributed by atoms with Gasteiger partial charge in [-0.2, -0.15) is 0 Å². The maximum Gasteiger partial charge on any atom is 0.164 e. The zero-order chi connectivity index (χ0) is 40.1. The van der Waals surface area contributed by atoms with Gasteiger partial charge < -0.3 is 0 Å². The summed E-state index contributed by atoms with van der Waals surface area (Å²) in [5, 5.41) is 0. The fourth-order valence-corrected chi connectivity index (χ4v) is 7.92. The molecule has 0 fully saturated rings. The van der Waals surface area contributed by atoms with Gasteiger partial charge in [-0.3, -0.25) is 0 Å². The maximum absolute atomic E-state index is 5.25. The molecule has 1 unspecified atom stereocenters. The van der Waals surface area contributed by atoms with Gasteiger partial charge in [0, 0.05) is 39.3 Å². The second-order valence-electron chi connectivity index (χ2n) is 15.2. The molecule has 8 aromatic rings. The van der Waals surface area contributed by atoms with Crippen LogP contribution in [-0.2, 0) is 0 Å². The predicted octanol–water partition coefficient (Wildman–Crippen LogP) is 13.7. The van der Waals surface area contributed by atoms with Gasteiger partial charge in [0.05, 0.1) is 11.4 Å². The number of hydrogen-bond acceptors (Lipinski definition) is 5. The highest BCUT2D eigenvalue weighted by atomic mass is 15.0. The van der Waals surface area contributed by atoms with Crippen molar-refractivity contribution in [1.82, 2.24) is 24.9 Å². The van der Waals surface area contributed by atoms with Gasteiger partial charge in [0.15, 0.2) is 23.3 Å². The largest absolute Gasteiger partial charge is 0.228 e. The summed E-state index contributed by atoms with van der Waals surface area (Å²) >= 11 is 0. The van der Waals surface area contributed by atoms with Crippen LogP contribution in [0.1, 0.15) is 36.3 Å². The molecule has 2 aromatic heterocycles. The van der Waals surface area contributed by atoms with Gasteiger partial charge in [0.25, 0.3) is 0 Å². The third kappa shape index (κ3) is 7.94. The lowest BCUT2D eigenvalue weighted by Gasteiger charge is -2.18. The van der Waals surface area contributed by atoms with Crippen molar-refractivity contribution in [2.24, 2.45) is 0 Å². The second kappa shape index (κ2) is 16.7. The average Bonchev–Trinajstić information content (AvgIpc) is 3.35. The molecule has 5 heteroatoms. The predicted molar refractivity (Wildman–Crippen MR) is 245 cm³/mol. The van der Waals surface area contributed by atoms with Crippen LogP contribution in [0.25, 0.3) is 84.8 Å². The molecule has 286 valence electrons. The SMILES string of the molecule is C1=CCCC(c2ccc(-c3cc(-c4cc(-c5ccc(-c6nc(-c7ccccc7)nc(-c7ccccc7)n6)cc5)cc(C5C=CC=CC5)c4)nc(-c4ccccc4)n3)cc2)=C1. The number of hydrogen-bond donors (Lipinski definition) is 0. The van der Waals surface area contributed by atoms with Gasteiger partial charge in [-0.15, -0.1) is 0 Å². The fourth-order valence-electron chi connectivity index (χ4n) is 7.92. The van der Waals surface area contributed by atoms with E-state index in [1.54, 1.807) is 0 Å². The molecule has 5 nitrogen and oxygen atoms in total. The summed E-state index contributed by atoms with van der Waals surface area (Å²) in [6, 6.07) is 56.9. The van der Waals surface area contributed by atoms with E-state index in [0.717, 1.165) is 75.2 Å². The quantitative estimate of drug-likeness (QED) is 0.146. The Kier molecular flexibility index (Phi) is 10.2. The molecule has 0 spiro atoms. The molecule has 0 N–H and O–H groups in total. The standard InChI is InChI=1S/C55H41N5/c1-6-16-38(17-7-1)40-26-30-42(31-27-40)50-37-51(57-52(56-50)43-20-10-3-11-21-43)49-35-47(39-18-8-2-9-19-39)34-48(36-49)41-28-32-46(33-29-41)55-59-53(44-22-12-4-13-23-44)58-54(60-55)45-24-14-5-15-25-45/h1-6,8-16,18,20-37,39H,7,17,19H2. The Labute approximate surface area is 351 Å². The molecule has 60 heavy (non-hydrogen) atoms. The molecule has 0 radical (unpaired) electrons. The molecule has 2 heterocycles. The summed E-state index contributed by atoms with van der Waals surface area (Å²) in [5.74, 6) is 2.86. The van der Waals surface area contributed by atoms with Crippen LogP contribution in [0.2, 0.25) is 0 Å². The highest BCUT2D eigenvalue weighted by Gasteiger charge is 2.18. The van der Waals surface area contributed by atoms with Crippen LogP contribution >= 0.6 is 0 Å². The third-order valence-corrected chi connectivity index (χ3v) is 11.2. The van der Waals surface area contributed by atoms with E-state index in [1.165, 1.54) is 16.7 Å². The average molecular weight is 772 g/mol. The Morgan fingerprint density at radius 1 is 0.367 bits per heavy atom. The summed E-state index contributed by atoms with van der Waals surface area (Å²) < 4.78 is 0. The van der Waals surface area contributed by atoms with Crippen molar-refractivity contribution in [1.29, 1.82) is 0 Å². The summed E-state index contributed by atoms with van der Waals surface area (Å²) in [5.41, 5.74) is 13.7. The van der Waals surface area contributed by atoms with Crippen molar-refractivity contribution in [2.75, 3.05) is 0 Å². The van der Waals surface area contributed by atoms with Gasteiger partial charge >= 0.3 is 0 Å². The zero-order valence-corrected chi connectivity index (χ0v) is 33.1. The molecule has 2 aliphatic rings. The molecular weight excluding hydrogens is 731 g/mol. The zero-order valence-electron chi connectivity index (χ0n) is 33.1. The lowest BCUT2D eigenvalue weighted by Crippen LogP contribution is -2.00. The van der Waals surface area contributed by atoms with Crippen LogP contribution < -0.4 is 0 Å². The van der Waals surface area contributed by atoms with Gasteiger partial charge in [0.1, 0.15) is 0 Å². The smallest absolute Gasteiger partial charge is 0.164 e. The van der Waals surface area contributed by atoms with E-state index in [9.17, 15) is 0 Å². The first-order valence-electron chi connectivity index (χ1n) is 20.6. The molecular formula is C55H41N5. The Hall–Kier alpha value is -7.63. The lowest BCUT2D eigenvalue weighted by molar-refractivity contribution is 0.854. The van der Waals surface area contributed by atoms with Crippen LogP contribution in [-0.4, -0.2) is 24.9 Å². The monoisotopic (exact) mass is 771 g/mol. The number of allylic oxidation sites excluding steroid dienone is 8. The van der Waals surface area contributed by atoms with Crippen LogP contribution in [0.4, 0.5) is 0 Å². The normalized spacial score (nSPS) is 14.5. The number of nitrogens with zero attached hydrogens (tertiary/aromatic N) is 5. The van der Waals surface area contributed by atoms with Crippen molar-refractivity contribution in [3.05, 3.63) is 217 Å². The van der Waals surface area contributed by atoms with Gasteiger partial charge in [-0.25, -0.2) is 24.9 Å². The van der Waals surface area contributed by atoms with Crippen LogP contribution in [0.5, 0.6) is 0 Å². The molecule has 0 bridgehead atoms. The number of rotatable bonds is 9. The molecule has 0 aliphatic heterocycles. The van der Waals surface area contributed by atoms with Crippen LogP contribution in [0.3, 0.4) is 0 Å². The maximum atomic E-state index is 5.25. The summed E-state index contributed by atoms with van der Waals surface area (Å²) in [4.78, 5) is 25.2. The first-order valence-corrected chi connectivity index (χ1v) is 20.6.